The quantitative estimate of drug-likeness (QED) is 0.312. The third-order valence-electron chi connectivity index (χ3n) is 4.24. The first-order chi connectivity index (χ1) is 15.8. The van der Waals surface area contributed by atoms with Crippen molar-refractivity contribution in [1.82, 2.24) is 0 Å². The smallest absolute Gasteiger partial charge is 0.339 e. The molecular formula is C24H19N3O5S. The third kappa shape index (κ3) is 6.53. The second kappa shape index (κ2) is 10.3. The van der Waals surface area contributed by atoms with Crippen LogP contribution in [0.5, 0.6) is 5.75 Å². The van der Waals surface area contributed by atoms with Gasteiger partial charge in [0.15, 0.2) is 0 Å². The van der Waals surface area contributed by atoms with Crippen LogP contribution in [0.2, 0.25) is 0 Å². The highest BCUT2D eigenvalue weighted by Gasteiger charge is 2.17. The van der Waals surface area contributed by atoms with Crippen molar-refractivity contribution in [2.75, 3.05) is 10.6 Å². The predicted octanol–water partition coefficient (Wildman–Crippen LogP) is 3.96. The Morgan fingerprint density at radius 1 is 0.909 bits per heavy atom. The molecule has 0 spiro atoms. The molecule has 0 saturated carbocycles. The first-order valence-electron chi connectivity index (χ1n) is 9.67. The van der Waals surface area contributed by atoms with Gasteiger partial charge >= 0.3 is 10.1 Å². The molecule has 3 aromatic rings. The molecule has 0 bridgehead atoms. The second-order valence-electron chi connectivity index (χ2n) is 6.81. The topological polar surface area (TPSA) is 125 Å². The van der Waals surface area contributed by atoms with Crippen molar-refractivity contribution in [2.45, 2.75) is 11.8 Å². The zero-order valence-corrected chi connectivity index (χ0v) is 18.3. The van der Waals surface area contributed by atoms with E-state index < -0.39 is 16.0 Å². The molecule has 0 aromatic heterocycles. The summed E-state index contributed by atoms with van der Waals surface area (Å²) >= 11 is 0. The van der Waals surface area contributed by atoms with E-state index in [1.807, 2.05) is 6.07 Å². The predicted molar refractivity (Wildman–Crippen MR) is 124 cm³/mol. The minimum Gasteiger partial charge on any atom is -0.379 e. The van der Waals surface area contributed by atoms with E-state index in [1.54, 1.807) is 42.5 Å². The van der Waals surface area contributed by atoms with Gasteiger partial charge in [0.05, 0.1) is 0 Å². The molecule has 2 amide bonds. The highest BCUT2D eigenvalue weighted by molar-refractivity contribution is 7.87. The van der Waals surface area contributed by atoms with Crippen molar-refractivity contribution in [3.63, 3.8) is 0 Å². The number of para-hydroxylation sites is 1. The number of nitriles is 1. The number of benzene rings is 3. The summed E-state index contributed by atoms with van der Waals surface area (Å²) in [6.45, 7) is 1.35. The lowest BCUT2D eigenvalue weighted by Crippen LogP contribution is -2.13. The maximum absolute atomic E-state index is 12.6. The fraction of sp³-hybridized carbons (Fsp3) is 0.0417. The fourth-order valence-corrected chi connectivity index (χ4v) is 3.70. The van der Waals surface area contributed by atoms with Crippen LogP contribution in [-0.2, 0) is 19.7 Å². The average molecular weight is 461 g/mol. The first kappa shape index (κ1) is 23.2. The van der Waals surface area contributed by atoms with Gasteiger partial charge in [-0.15, -0.1) is 0 Å². The lowest BCUT2D eigenvalue weighted by Gasteiger charge is -2.09. The molecule has 166 valence electrons. The van der Waals surface area contributed by atoms with Gasteiger partial charge in [-0.05, 0) is 60.2 Å². The zero-order valence-electron chi connectivity index (χ0n) is 17.5. The summed E-state index contributed by atoms with van der Waals surface area (Å²) in [6.07, 6.45) is 1.33. The Balaban J connectivity index is 1.77. The molecule has 0 radical (unpaired) electrons. The van der Waals surface area contributed by atoms with Crippen LogP contribution in [0.15, 0.2) is 89.3 Å². The number of nitrogens with zero attached hydrogens (tertiary/aromatic N) is 1. The van der Waals surface area contributed by atoms with Gasteiger partial charge < -0.3 is 14.8 Å². The Morgan fingerprint density at radius 3 is 2.21 bits per heavy atom. The molecule has 0 aliphatic carbocycles. The monoisotopic (exact) mass is 461 g/mol. The molecule has 0 fully saturated rings. The van der Waals surface area contributed by atoms with E-state index in [-0.39, 0.29) is 22.1 Å². The van der Waals surface area contributed by atoms with Gasteiger partial charge in [0.25, 0.3) is 5.91 Å². The summed E-state index contributed by atoms with van der Waals surface area (Å²) in [7, 11) is -4.14. The molecule has 0 atom stereocenters. The normalized spacial score (nSPS) is 11.2. The number of hydrogen-bond acceptors (Lipinski definition) is 6. The molecule has 9 heteroatoms. The van der Waals surface area contributed by atoms with Gasteiger partial charge in [-0.25, -0.2) is 0 Å². The highest BCUT2D eigenvalue weighted by Crippen LogP contribution is 2.22. The van der Waals surface area contributed by atoms with Crippen molar-refractivity contribution in [2.24, 2.45) is 0 Å². The molecule has 3 aromatic carbocycles. The van der Waals surface area contributed by atoms with E-state index >= 15 is 0 Å². The number of nitrogens with one attached hydrogen (secondary N) is 2. The summed E-state index contributed by atoms with van der Waals surface area (Å²) in [5.74, 6) is -0.863. The SMILES string of the molecule is CC(=O)Nc1ccc(S(=O)(=O)Oc2cccc(/C=C(\C#N)C(=O)Nc3ccccc3)c2)cc1. The molecule has 8 nitrogen and oxygen atoms in total. The minimum absolute atomic E-state index is 0.00967. The molecule has 0 aliphatic rings. The lowest BCUT2D eigenvalue weighted by atomic mass is 10.1. The number of amides is 2. The van der Waals surface area contributed by atoms with Crippen molar-refractivity contribution >= 4 is 39.4 Å². The maximum atomic E-state index is 12.6. The number of anilines is 2. The first-order valence-corrected chi connectivity index (χ1v) is 11.1. The van der Waals surface area contributed by atoms with Crippen LogP contribution in [0.25, 0.3) is 6.08 Å². The van der Waals surface area contributed by atoms with Crippen molar-refractivity contribution in [3.05, 3.63) is 90.0 Å². The van der Waals surface area contributed by atoms with Crippen LogP contribution in [0.4, 0.5) is 11.4 Å². The van der Waals surface area contributed by atoms with Crippen LogP contribution in [0, 0.1) is 11.3 Å². The van der Waals surface area contributed by atoms with Crippen molar-refractivity contribution in [3.8, 4) is 11.8 Å². The Bertz CT molecular complexity index is 1340. The molecule has 0 heterocycles. The summed E-state index contributed by atoms with van der Waals surface area (Å²) in [5, 5.41) is 14.6. The molecule has 2 N–H and O–H groups in total. The third-order valence-corrected chi connectivity index (χ3v) is 5.50. The standard InChI is InChI=1S/C24H19N3O5S/c1-17(28)26-21-10-12-23(13-11-21)33(30,31)32-22-9-5-6-18(15-22)14-19(16-25)24(29)27-20-7-3-2-4-8-20/h2-15H,1H3,(H,26,28)(H,27,29)/b19-14+. The summed E-state index contributed by atoms with van der Waals surface area (Å²) in [6, 6.07) is 22.0. The van der Waals surface area contributed by atoms with E-state index in [9.17, 15) is 23.3 Å². The Labute approximate surface area is 191 Å². The van der Waals surface area contributed by atoms with Crippen LogP contribution in [-0.4, -0.2) is 20.2 Å². The largest absolute Gasteiger partial charge is 0.379 e. The van der Waals surface area contributed by atoms with Gasteiger partial charge in [-0.1, -0.05) is 30.3 Å². The van der Waals surface area contributed by atoms with Gasteiger partial charge in [0.2, 0.25) is 5.91 Å². The zero-order chi connectivity index (χ0) is 23.8. The average Bonchev–Trinajstić information content (AvgIpc) is 2.78. The second-order valence-corrected chi connectivity index (χ2v) is 8.35. The molecule has 0 unspecified atom stereocenters. The minimum atomic E-state index is -4.14. The summed E-state index contributed by atoms with van der Waals surface area (Å²) in [4.78, 5) is 23.4. The van der Waals surface area contributed by atoms with Crippen molar-refractivity contribution < 1.29 is 22.2 Å². The maximum Gasteiger partial charge on any atom is 0.339 e. The summed E-state index contributed by atoms with van der Waals surface area (Å²) < 4.78 is 30.4. The van der Waals surface area contributed by atoms with Gasteiger partial charge in [0, 0.05) is 18.3 Å². The lowest BCUT2D eigenvalue weighted by molar-refractivity contribution is -0.114. The van der Waals surface area contributed by atoms with Gasteiger partial charge in [0.1, 0.15) is 22.3 Å². The fourth-order valence-electron chi connectivity index (χ4n) is 2.77. The summed E-state index contributed by atoms with van der Waals surface area (Å²) in [5.41, 5.74) is 1.23. The van der Waals surface area contributed by atoms with Crippen LogP contribution < -0.4 is 14.8 Å². The van der Waals surface area contributed by atoms with E-state index in [4.69, 9.17) is 4.18 Å². The molecule has 33 heavy (non-hydrogen) atoms. The number of hydrogen-bond donors (Lipinski definition) is 2. The number of carbonyl (C=O) groups excluding carboxylic acids is 2. The van der Waals surface area contributed by atoms with E-state index in [1.165, 1.54) is 49.4 Å². The van der Waals surface area contributed by atoms with E-state index in [0.29, 0.717) is 16.9 Å². The van der Waals surface area contributed by atoms with Gasteiger partial charge in [-0.3, -0.25) is 9.59 Å². The molecule has 0 aliphatic heterocycles. The van der Waals surface area contributed by atoms with Crippen LogP contribution >= 0.6 is 0 Å². The van der Waals surface area contributed by atoms with Gasteiger partial charge in [-0.2, -0.15) is 13.7 Å². The van der Waals surface area contributed by atoms with E-state index in [2.05, 4.69) is 10.6 Å². The molecular weight excluding hydrogens is 442 g/mol. The highest BCUT2D eigenvalue weighted by atomic mass is 32.2. The number of carbonyl (C=O) groups is 2. The number of rotatable bonds is 7. The van der Waals surface area contributed by atoms with E-state index in [0.717, 1.165) is 0 Å². The Morgan fingerprint density at radius 2 is 1.58 bits per heavy atom. The Kier molecular flexibility index (Phi) is 7.23. The van der Waals surface area contributed by atoms with Crippen LogP contribution in [0.3, 0.4) is 0 Å². The Hall–Kier alpha value is -4.42. The van der Waals surface area contributed by atoms with Crippen molar-refractivity contribution in [1.29, 1.82) is 5.26 Å². The van der Waals surface area contributed by atoms with Crippen LogP contribution in [0.1, 0.15) is 12.5 Å². The molecule has 0 saturated heterocycles. The molecule has 3 rings (SSSR count).